The molecule has 2 heterocycles. The van der Waals surface area contributed by atoms with Crippen LogP contribution in [-0.2, 0) is 0 Å². The van der Waals surface area contributed by atoms with E-state index in [9.17, 15) is 4.79 Å². The Kier molecular flexibility index (Phi) is 4.28. The molecule has 1 saturated heterocycles. The van der Waals surface area contributed by atoms with E-state index in [2.05, 4.69) is 52.5 Å². The van der Waals surface area contributed by atoms with Crippen molar-refractivity contribution in [1.29, 1.82) is 0 Å². The van der Waals surface area contributed by atoms with Crippen LogP contribution in [-0.4, -0.2) is 29.7 Å². The molecule has 5 nitrogen and oxygen atoms in total. The van der Waals surface area contributed by atoms with Crippen molar-refractivity contribution in [1.82, 2.24) is 15.5 Å². The van der Waals surface area contributed by atoms with Crippen molar-refractivity contribution in [3.63, 3.8) is 0 Å². The van der Waals surface area contributed by atoms with Crippen molar-refractivity contribution in [3.05, 3.63) is 52.7 Å². The van der Waals surface area contributed by atoms with Gasteiger partial charge < -0.3 is 10.2 Å². The van der Waals surface area contributed by atoms with Crippen LogP contribution in [0.5, 0.6) is 0 Å². The summed E-state index contributed by atoms with van der Waals surface area (Å²) in [4.78, 5) is 13.9. The van der Waals surface area contributed by atoms with Gasteiger partial charge in [0.2, 0.25) is 0 Å². The summed E-state index contributed by atoms with van der Waals surface area (Å²) < 4.78 is 0. The molecule has 1 N–H and O–H groups in total. The third-order valence-electron chi connectivity index (χ3n) is 4.57. The number of anilines is 1. The molecule has 1 atom stereocenters. The second-order valence-corrected chi connectivity index (χ2v) is 6.05. The highest BCUT2D eigenvalue weighted by molar-refractivity contribution is 5.91. The molecule has 23 heavy (non-hydrogen) atoms. The summed E-state index contributed by atoms with van der Waals surface area (Å²) in [7, 11) is 1.59. The van der Waals surface area contributed by atoms with Crippen LogP contribution in [0.15, 0.2) is 30.3 Å². The molecule has 3 rings (SSSR count). The summed E-state index contributed by atoms with van der Waals surface area (Å²) in [6.45, 7) is 5.25. The van der Waals surface area contributed by atoms with E-state index in [1.165, 1.54) is 16.7 Å². The Labute approximate surface area is 136 Å². The van der Waals surface area contributed by atoms with E-state index in [-0.39, 0.29) is 5.91 Å². The van der Waals surface area contributed by atoms with Gasteiger partial charge >= 0.3 is 0 Å². The van der Waals surface area contributed by atoms with Crippen LogP contribution >= 0.6 is 0 Å². The number of carbonyl (C=O) groups is 1. The largest absolute Gasteiger partial charge is 0.354 e. The third kappa shape index (κ3) is 3.04. The molecule has 0 aliphatic carbocycles. The summed E-state index contributed by atoms with van der Waals surface area (Å²) >= 11 is 0. The Hall–Kier alpha value is -2.43. The molecule has 120 valence electrons. The highest BCUT2D eigenvalue weighted by Gasteiger charge is 2.27. The highest BCUT2D eigenvalue weighted by atomic mass is 16.1. The predicted molar refractivity (Wildman–Crippen MR) is 90.7 cm³/mol. The molecule has 5 heteroatoms. The average molecular weight is 310 g/mol. The van der Waals surface area contributed by atoms with Crippen molar-refractivity contribution in [2.75, 3.05) is 18.5 Å². The number of carbonyl (C=O) groups excluding carboxylic acids is 1. The van der Waals surface area contributed by atoms with Gasteiger partial charge in [0.15, 0.2) is 11.5 Å². The number of rotatable bonds is 3. The van der Waals surface area contributed by atoms with Gasteiger partial charge in [0.1, 0.15) is 0 Å². The normalized spacial score (nSPS) is 17.3. The van der Waals surface area contributed by atoms with Crippen LogP contribution in [0.4, 0.5) is 5.82 Å². The Morgan fingerprint density at radius 1 is 1.17 bits per heavy atom. The molecule has 1 aromatic heterocycles. The Balaban J connectivity index is 1.86. The smallest absolute Gasteiger partial charge is 0.271 e. The number of nitrogens with one attached hydrogen (secondary N) is 1. The number of aryl methyl sites for hydroxylation is 2. The number of hydrogen-bond acceptors (Lipinski definition) is 4. The minimum atomic E-state index is -0.212. The quantitative estimate of drug-likeness (QED) is 0.947. The highest BCUT2D eigenvalue weighted by Crippen LogP contribution is 2.35. The van der Waals surface area contributed by atoms with Gasteiger partial charge in [0.05, 0.1) is 6.04 Å². The lowest BCUT2D eigenvalue weighted by molar-refractivity contribution is 0.0957. The topological polar surface area (TPSA) is 58.1 Å². The van der Waals surface area contributed by atoms with Gasteiger partial charge in [-0.3, -0.25) is 4.79 Å². The molecular formula is C18H22N4O. The van der Waals surface area contributed by atoms with Gasteiger partial charge in [-0.15, -0.1) is 10.2 Å². The SMILES string of the molecule is CNC(=O)c1ccc(N2CCCC2c2ccc(C)c(C)c2)nn1. The first-order valence-corrected chi connectivity index (χ1v) is 8.00. The van der Waals surface area contributed by atoms with Crippen LogP contribution < -0.4 is 10.2 Å². The fourth-order valence-corrected chi connectivity index (χ4v) is 3.09. The van der Waals surface area contributed by atoms with E-state index in [0.717, 1.165) is 25.2 Å². The summed E-state index contributed by atoms with van der Waals surface area (Å²) in [6, 6.07) is 10.6. The Bertz CT molecular complexity index is 711. The monoisotopic (exact) mass is 310 g/mol. The maximum Gasteiger partial charge on any atom is 0.271 e. The second-order valence-electron chi connectivity index (χ2n) is 6.05. The summed E-state index contributed by atoms with van der Waals surface area (Å²) in [5, 5.41) is 10.9. The molecule has 1 aliphatic rings. The number of amides is 1. The van der Waals surface area contributed by atoms with E-state index in [0.29, 0.717) is 11.7 Å². The number of hydrogen-bond donors (Lipinski definition) is 1. The van der Waals surface area contributed by atoms with E-state index in [1.807, 2.05) is 6.07 Å². The van der Waals surface area contributed by atoms with Crippen molar-refractivity contribution in [3.8, 4) is 0 Å². The molecule has 1 aromatic carbocycles. The molecule has 1 aliphatic heterocycles. The van der Waals surface area contributed by atoms with Gasteiger partial charge in [-0.1, -0.05) is 18.2 Å². The van der Waals surface area contributed by atoms with Crippen LogP contribution in [0.1, 0.15) is 46.1 Å². The van der Waals surface area contributed by atoms with Gasteiger partial charge in [0.25, 0.3) is 5.91 Å². The van der Waals surface area contributed by atoms with E-state index < -0.39 is 0 Å². The van der Waals surface area contributed by atoms with Crippen LogP contribution in [0.3, 0.4) is 0 Å². The molecule has 0 saturated carbocycles. The molecule has 1 unspecified atom stereocenters. The number of nitrogens with zero attached hydrogens (tertiary/aromatic N) is 3. The van der Waals surface area contributed by atoms with Gasteiger partial charge in [-0.2, -0.15) is 0 Å². The van der Waals surface area contributed by atoms with Gasteiger partial charge in [-0.25, -0.2) is 0 Å². The maximum atomic E-state index is 11.6. The molecule has 0 radical (unpaired) electrons. The molecule has 1 fully saturated rings. The standard InChI is InChI=1S/C18H22N4O/c1-12-6-7-14(11-13(12)2)16-5-4-10-22(16)17-9-8-15(20-21-17)18(23)19-3/h6-9,11,16H,4-5,10H2,1-3H3,(H,19,23). The van der Waals surface area contributed by atoms with Crippen LogP contribution in [0.2, 0.25) is 0 Å². The lowest BCUT2D eigenvalue weighted by atomic mass is 9.99. The van der Waals surface area contributed by atoms with Crippen LogP contribution in [0, 0.1) is 13.8 Å². The zero-order valence-corrected chi connectivity index (χ0v) is 13.8. The molecule has 1 amide bonds. The molecule has 2 aromatic rings. The predicted octanol–water partition coefficient (Wildman–Crippen LogP) is 2.79. The van der Waals surface area contributed by atoms with Crippen molar-refractivity contribution in [2.24, 2.45) is 0 Å². The Morgan fingerprint density at radius 3 is 2.65 bits per heavy atom. The molecule has 0 bridgehead atoms. The summed E-state index contributed by atoms with van der Waals surface area (Å²) in [5.74, 6) is 0.620. The van der Waals surface area contributed by atoms with Gasteiger partial charge in [0, 0.05) is 13.6 Å². The van der Waals surface area contributed by atoms with Crippen molar-refractivity contribution < 1.29 is 4.79 Å². The first kappa shape index (κ1) is 15.5. The zero-order valence-electron chi connectivity index (χ0n) is 13.8. The Morgan fingerprint density at radius 2 is 2.00 bits per heavy atom. The maximum absolute atomic E-state index is 11.6. The molecule has 0 spiro atoms. The van der Waals surface area contributed by atoms with E-state index in [4.69, 9.17) is 0 Å². The lowest BCUT2D eigenvalue weighted by Crippen LogP contribution is -2.25. The summed E-state index contributed by atoms with van der Waals surface area (Å²) in [6.07, 6.45) is 2.25. The van der Waals surface area contributed by atoms with Crippen molar-refractivity contribution in [2.45, 2.75) is 32.7 Å². The second kappa shape index (κ2) is 6.36. The first-order chi connectivity index (χ1) is 11.1. The third-order valence-corrected chi connectivity index (χ3v) is 4.57. The van der Waals surface area contributed by atoms with E-state index >= 15 is 0 Å². The lowest BCUT2D eigenvalue weighted by Gasteiger charge is -2.26. The van der Waals surface area contributed by atoms with Crippen molar-refractivity contribution >= 4 is 11.7 Å². The zero-order chi connectivity index (χ0) is 16.4. The fraction of sp³-hybridized carbons (Fsp3) is 0.389. The fourth-order valence-electron chi connectivity index (χ4n) is 3.09. The number of aromatic nitrogens is 2. The minimum Gasteiger partial charge on any atom is -0.354 e. The number of benzene rings is 1. The van der Waals surface area contributed by atoms with E-state index in [1.54, 1.807) is 13.1 Å². The molecular weight excluding hydrogens is 288 g/mol. The minimum absolute atomic E-state index is 0.212. The average Bonchev–Trinajstić information content (AvgIpc) is 3.06. The first-order valence-electron chi connectivity index (χ1n) is 8.00. The van der Waals surface area contributed by atoms with Gasteiger partial charge in [-0.05, 0) is 55.5 Å². The van der Waals surface area contributed by atoms with Crippen LogP contribution in [0.25, 0.3) is 0 Å². The summed E-state index contributed by atoms with van der Waals surface area (Å²) in [5.41, 5.74) is 4.30.